The third-order valence-corrected chi connectivity index (χ3v) is 7.20. The Balaban J connectivity index is 1.68. The predicted octanol–water partition coefficient (Wildman–Crippen LogP) is 5.28. The van der Waals surface area contributed by atoms with E-state index in [2.05, 4.69) is 0 Å². The lowest BCUT2D eigenvalue weighted by Gasteiger charge is -2.39. The Bertz CT molecular complexity index is 774. The van der Waals surface area contributed by atoms with Crippen molar-refractivity contribution in [2.75, 3.05) is 36.8 Å². The number of aryl methyl sites for hydroxylation is 1. The molecule has 0 radical (unpaired) electrons. The van der Waals surface area contributed by atoms with Crippen LogP contribution in [0.3, 0.4) is 0 Å². The summed E-state index contributed by atoms with van der Waals surface area (Å²) in [5, 5.41) is 0. The highest BCUT2D eigenvalue weighted by molar-refractivity contribution is 7.99. The Morgan fingerprint density at radius 1 is 1.18 bits per heavy atom. The van der Waals surface area contributed by atoms with E-state index in [9.17, 15) is 26.3 Å². The number of hydrogen-bond donors (Lipinski definition) is 0. The Morgan fingerprint density at radius 2 is 1.75 bits per heavy atom. The van der Waals surface area contributed by atoms with Crippen LogP contribution in [-0.2, 0) is 0 Å². The summed E-state index contributed by atoms with van der Waals surface area (Å²) in [6.07, 6.45) is -4.57. The first-order valence-corrected chi connectivity index (χ1v) is 10.2. The SMILES string of the molecule is Cc1cc(F)c(N2CCN(C(=S)C3(C)CC3(F)F)CC2)cc1SCC(F)(F)F. The molecule has 2 fully saturated rings. The molecule has 28 heavy (non-hydrogen) atoms. The van der Waals surface area contributed by atoms with Crippen molar-refractivity contribution in [1.82, 2.24) is 4.90 Å². The Morgan fingerprint density at radius 3 is 2.25 bits per heavy atom. The van der Waals surface area contributed by atoms with Crippen LogP contribution in [0.2, 0.25) is 0 Å². The molecule has 1 saturated heterocycles. The molecule has 0 N–H and O–H groups in total. The number of nitrogens with zero attached hydrogens (tertiary/aromatic N) is 2. The van der Waals surface area contributed by atoms with E-state index in [4.69, 9.17) is 12.2 Å². The molecule has 1 atom stereocenters. The maximum atomic E-state index is 14.4. The summed E-state index contributed by atoms with van der Waals surface area (Å²) in [6, 6.07) is 2.67. The minimum Gasteiger partial charge on any atom is -0.366 e. The number of halogens is 6. The summed E-state index contributed by atoms with van der Waals surface area (Å²) in [6.45, 7) is 4.45. The van der Waals surface area contributed by atoms with E-state index in [1.54, 1.807) is 16.7 Å². The molecule has 0 spiro atoms. The topological polar surface area (TPSA) is 6.48 Å². The second-order valence-electron chi connectivity index (χ2n) is 7.47. The van der Waals surface area contributed by atoms with Crippen molar-refractivity contribution in [2.24, 2.45) is 5.41 Å². The molecular formula is C18H20F6N2S2. The fraction of sp³-hybridized carbons (Fsp3) is 0.611. The van der Waals surface area contributed by atoms with Crippen molar-refractivity contribution >= 4 is 34.7 Å². The van der Waals surface area contributed by atoms with Gasteiger partial charge in [0.05, 0.1) is 21.8 Å². The third-order valence-electron chi connectivity index (χ3n) is 5.27. The molecule has 1 aromatic carbocycles. The average molecular weight is 442 g/mol. The molecule has 1 aliphatic carbocycles. The molecule has 0 bridgehead atoms. The van der Waals surface area contributed by atoms with Crippen LogP contribution in [0.25, 0.3) is 0 Å². The van der Waals surface area contributed by atoms with E-state index in [1.807, 2.05) is 0 Å². The molecule has 1 aliphatic heterocycles. The van der Waals surface area contributed by atoms with E-state index in [-0.39, 0.29) is 17.1 Å². The summed E-state index contributed by atoms with van der Waals surface area (Å²) in [5.41, 5.74) is -0.621. The van der Waals surface area contributed by atoms with Crippen LogP contribution in [0.5, 0.6) is 0 Å². The van der Waals surface area contributed by atoms with Gasteiger partial charge < -0.3 is 9.80 Å². The maximum absolute atomic E-state index is 14.4. The number of piperazine rings is 1. The van der Waals surface area contributed by atoms with Crippen molar-refractivity contribution in [2.45, 2.75) is 37.3 Å². The van der Waals surface area contributed by atoms with Crippen LogP contribution in [0.4, 0.5) is 32.0 Å². The third kappa shape index (κ3) is 4.22. The number of thioether (sulfide) groups is 1. The summed E-state index contributed by atoms with van der Waals surface area (Å²) in [4.78, 5) is 4.04. The lowest BCUT2D eigenvalue weighted by molar-refractivity contribution is -0.105. The highest BCUT2D eigenvalue weighted by Gasteiger charge is 2.71. The van der Waals surface area contributed by atoms with Crippen molar-refractivity contribution < 1.29 is 26.3 Å². The van der Waals surface area contributed by atoms with Gasteiger partial charge in [-0.15, -0.1) is 11.8 Å². The molecule has 3 rings (SSSR count). The van der Waals surface area contributed by atoms with Gasteiger partial charge in [-0.25, -0.2) is 13.2 Å². The Hall–Kier alpha value is -1.16. The van der Waals surface area contributed by atoms with Gasteiger partial charge in [0.25, 0.3) is 5.92 Å². The smallest absolute Gasteiger partial charge is 0.366 e. The Labute approximate surface area is 169 Å². The molecule has 156 valence electrons. The van der Waals surface area contributed by atoms with Crippen LogP contribution in [0, 0.1) is 18.2 Å². The number of alkyl halides is 5. The largest absolute Gasteiger partial charge is 0.398 e. The summed E-state index contributed by atoms with van der Waals surface area (Å²) in [5.74, 6) is -4.34. The van der Waals surface area contributed by atoms with Gasteiger partial charge in [0.15, 0.2) is 0 Å². The van der Waals surface area contributed by atoms with Crippen LogP contribution < -0.4 is 4.90 Å². The monoisotopic (exact) mass is 442 g/mol. The standard InChI is InChI=1S/C18H20F6N2S2/c1-11-7-12(19)13(8-14(11)28-10-18(22,23)24)25-3-5-26(6-4-25)15(27)16(2)9-17(16,20)21/h7-8H,3-6,9-10H2,1-2H3. The first-order valence-electron chi connectivity index (χ1n) is 8.76. The molecule has 1 heterocycles. The van der Waals surface area contributed by atoms with Gasteiger partial charge in [-0.3, -0.25) is 0 Å². The summed E-state index contributed by atoms with van der Waals surface area (Å²) >= 11 is 5.88. The van der Waals surface area contributed by atoms with Crippen LogP contribution in [0.15, 0.2) is 17.0 Å². The Kier molecular flexibility index (Phi) is 5.59. The molecule has 1 unspecified atom stereocenters. The van der Waals surface area contributed by atoms with Gasteiger partial charge in [0.2, 0.25) is 0 Å². The zero-order valence-electron chi connectivity index (χ0n) is 15.4. The lowest BCUT2D eigenvalue weighted by Crippen LogP contribution is -2.50. The number of anilines is 1. The zero-order chi connectivity index (χ0) is 20.9. The molecule has 1 saturated carbocycles. The number of benzene rings is 1. The van der Waals surface area contributed by atoms with Crippen molar-refractivity contribution in [3.63, 3.8) is 0 Å². The van der Waals surface area contributed by atoms with E-state index in [1.165, 1.54) is 19.1 Å². The molecule has 2 nitrogen and oxygen atoms in total. The quantitative estimate of drug-likeness (QED) is 0.355. The van der Waals surface area contributed by atoms with Crippen molar-refractivity contribution in [3.05, 3.63) is 23.5 Å². The number of hydrogen-bond acceptors (Lipinski definition) is 3. The minimum absolute atomic E-state index is 0.225. The molecule has 0 aromatic heterocycles. The molecule has 1 aromatic rings. The predicted molar refractivity (Wildman–Crippen MR) is 102 cm³/mol. The second kappa shape index (κ2) is 7.27. The fourth-order valence-corrected chi connectivity index (χ4v) is 4.54. The minimum atomic E-state index is -4.31. The van der Waals surface area contributed by atoms with Crippen LogP contribution in [-0.4, -0.2) is 53.9 Å². The molecule has 0 amide bonds. The highest BCUT2D eigenvalue weighted by atomic mass is 32.2. The normalized spacial score (nSPS) is 24.4. The van der Waals surface area contributed by atoms with Gasteiger partial charge in [-0.05, 0) is 31.5 Å². The fourth-order valence-electron chi connectivity index (χ4n) is 3.33. The van der Waals surface area contributed by atoms with Crippen LogP contribution in [0.1, 0.15) is 18.9 Å². The van der Waals surface area contributed by atoms with E-state index >= 15 is 0 Å². The van der Waals surface area contributed by atoms with Crippen molar-refractivity contribution in [1.29, 1.82) is 0 Å². The maximum Gasteiger partial charge on any atom is 0.398 e. The van der Waals surface area contributed by atoms with E-state index in [0.717, 1.165) is 0 Å². The molecular weight excluding hydrogens is 422 g/mol. The van der Waals surface area contributed by atoms with Gasteiger partial charge in [-0.2, -0.15) is 13.2 Å². The van der Waals surface area contributed by atoms with Crippen LogP contribution >= 0.6 is 24.0 Å². The van der Waals surface area contributed by atoms with E-state index in [0.29, 0.717) is 48.4 Å². The van der Waals surface area contributed by atoms with Gasteiger partial charge in [0, 0.05) is 37.5 Å². The van der Waals surface area contributed by atoms with E-state index < -0.39 is 29.1 Å². The summed E-state index contributed by atoms with van der Waals surface area (Å²) < 4.78 is 79.1. The second-order valence-corrected chi connectivity index (χ2v) is 8.87. The summed E-state index contributed by atoms with van der Waals surface area (Å²) in [7, 11) is 0. The number of thiocarbonyl (C=S) groups is 1. The first kappa shape index (κ1) is 21.5. The van der Waals surface area contributed by atoms with Crippen molar-refractivity contribution in [3.8, 4) is 0 Å². The molecule has 2 aliphatic rings. The first-order chi connectivity index (χ1) is 12.8. The molecule has 10 heteroatoms. The van der Waals surface area contributed by atoms with Gasteiger partial charge in [-0.1, -0.05) is 12.2 Å². The highest BCUT2D eigenvalue weighted by Crippen LogP contribution is 2.61. The lowest BCUT2D eigenvalue weighted by atomic mass is 10.1. The average Bonchev–Trinajstić information content (AvgIpc) is 3.12. The van der Waals surface area contributed by atoms with Gasteiger partial charge >= 0.3 is 6.18 Å². The zero-order valence-corrected chi connectivity index (χ0v) is 17.0. The number of rotatable bonds is 4. The van der Waals surface area contributed by atoms with Gasteiger partial charge in [0.1, 0.15) is 5.82 Å².